The van der Waals surface area contributed by atoms with Crippen LogP contribution in [0.15, 0.2) is 24.3 Å². The monoisotopic (exact) mass is 307 g/mol. The molecule has 1 aliphatic heterocycles. The summed E-state index contributed by atoms with van der Waals surface area (Å²) in [7, 11) is 1.59. The Morgan fingerprint density at radius 2 is 2.05 bits per heavy atom. The quantitative estimate of drug-likeness (QED) is 0.821. The predicted molar refractivity (Wildman–Crippen MR) is 84.0 cm³/mol. The summed E-state index contributed by atoms with van der Waals surface area (Å²) in [5.74, 6) is 0.282. The molecule has 2 rings (SSSR count). The number of carbonyl (C=O) groups excluding carboxylic acids is 1. The minimum absolute atomic E-state index is 0.229. The van der Waals surface area contributed by atoms with E-state index in [-0.39, 0.29) is 17.9 Å². The lowest BCUT2D eigenvalue weighted by atomic mass is 9.96. The van der Waals surface area contributed by atoms with E-state index < -0.39 is 0 Å². The van der Waals surface area contributed by atoms with Crippen molar-refractivity contribution in [1.82, 2.24) is 4.90 Å². The van der Waals surface area contributed by atoms with Gasteiger partial charge in [0.05, 0.1) is 6.61 Å². The lowest BCUT2D eigenvalue weighted by molar-refractivity contribution is 0.0511. The Morgan fingerprint density at radius 3 is 2.77 bits per heavy atom. The first-order chi connectivity index (χ1) is 10.7. The number of aryl methyl sites for hydroxylation is 1. The minimum Gasteiger partial charge on any atom is -0.508 e. The number of carbonyl (C=O) groups is 1. The van der Waals surface area contributed by atoms with Gasteiger partial charge in [0.2, 0.25) is 0 Å². The summed E-state index contributed by atoms with van der Waals surface area (Å²) in [5, 5.41) is 9.31. The van der Waals surface area contributed by atoms with Gasteiger partial charge >= 0.3 is 6.09 Å². The summed E-state index contributed by atoms with van der Waals surface area (Å²) in [6.07, 6.45) is 4.80. The van der Waals surface area contributed by atoms with Gasteiger partial charge < -0.3 is 19.5 Å². The SMILES string of the molecule is COCCOC(=O)N1CCCCC1CCc1ccc(O)cc1. The number of hydrogen-bond donors (Lipinski definition) is 1. The number of aromatic hydroxyl groups is 1. The van der Waals surface area contributed by atoms with Crippen LogP contribution in [0.4, 0.5) is 4.79 Å². The van der Waals surface area contributed by atoms with Crippen LogP contribution in [0.3, 0.4) is 0 Å². The van der Waals surface area contributed by atoms with Crippen molar-refractivity contribution in [2.45, 2.75) is 38.1 Å². The van der Waals surface area contributed by atoms with E-state index in [1.165, 1.54) is 5.56 Å². The third kappa shape index (κ3) is 4.91. The van der Waals surface area contributed by atoms with Crippen molar-refractivity contribution < 1.29 is 19.4 Å². The summed E-state index contributed by atoms with van der Waals surface area (Å²) in [5.41, 5.74) is 1.18. The number of amides is 1. The van der Waals surface area contributed by atoms with Gasteiger partial charge in [-0.05, 0) is 49.8 Å². The van der Waals surface area contributed by atoms with Crippen molar-refractivity contribution in [1.29, 1.82) is 0 Å². The van der Waals surface area contributed by atoms with Crippen LogP contribution in [-0.2, 0) is 15.9 Å². The number of nitrogens with zero attached hydrogens (tertiary/aromatic N) is 1. The van der Waals surface area contributed by atoms with Crippen LogP contribution in [0.5, 0.6) is 5.75 Å². The second-order valence-electron chi connectivity index (χ2n) is 5.66. The first-order valence-corrected chi connectivity index (χ1v) is 7.91. The van der Waals surface area contributed by atoms with Crippen molar-refractivity contribution in [2.24, 2.45) is 0 Å². The van der Waals surface area contributed by atoms with E-state index >= 15 is 0 Å². The number of hydrogen-bond acceptors (Lipinski definition) is 4. The van der Waals surface area contributed by atoms with E-state index in [1.807, 2.05) is 17.0 Å². The number of methoxy groups -OCH3 is 1. The number of rotatable bonds is 6. The molecule has 5 heteroatoms. The average Bonchev–Trinajstić information content (AvgIpc) is 2.55. The van der Waals surface area contributed by atoms with Crippen molar-refractivity contribution in [3.63, 3.8) is 0 Å². The van der Waals surface area contributed by atoms with Gasteiger partial charge in [0.1, 0.15) is 12.4 Å². The van der Waals surface area contributed by atoms with E-state index in [4.69, 9.17) is 9.47 Å². The Bertz CT molecular complexity index is 460. The summed E-state index contributed by atoms with van der Waals surface area (Å²) in [6.45, 7) is 1.50. The number of ether oxygens (including phenoxy) is 2. The second kappa shape index (κ2) is 8.63. The second-order valence-corrected chi connectivity index (χ2v) is 5.66. The van der Waals surface area contributed by atoms with Gasteiger partial charge in [-0.2, -0.15) is 0 Å². The highest BCUT2D eigenvalue weighted by molar-refractivity contribution is 5.68. The third-order valence-electron chi connectivity index (χ3n) is 4.08. The third-order valence-corrected chi connectivity index (χ3v) is 4.08. The normalized spacial score (nSPS) is 18.2. The Balaban J connectivity index is 1.86. The van der Waals surface area contributed by atoms with Crippen LogP contribution in [0.1, 0.15) is 31.2 Å². The number of phenolic OH excluding ortho intramolecular Hbond substituents is 1. The number of likely N-dealkylation sites (tertiary alicyclic amines) is 1. The highest BCUT2D eigenvalue weighted by atomic mass is 16.6. The molecule has 22 heavy (non-hydrogen) atoms. The van der Waals surface area contributed by atoms with Crippen LogP contribution in [0.2, 0.25) is 0 Å². The predicted octanol–water partition coefficient (Wildman–Crippen LogP) is 2.96. The standard InChI is InChI=1S/C17H25NO4/c1-21-12-13-22-17(20)18-11-3-2-4-15(18)8-5-14-6-9-16(19)10-7-14/h6-7,9-10,15,19H,2-5,8,11-13H2,1H3. The van der Waals surface area contributed by atoms with Crippen LogP contribution in [0, 0.1) is 0 Å². The molecule has 1 N–H and O–H groups in total. The van der Waals surface area contributed by atoms with Crippen LogP contribution >= 0.6 is 0 Å². The first-order valence-electron chi connectivity index (χ1n) is 7.91. The maximum atomic E-state index is 12.2. The van der Waals surface area contributed by atoms with Gasteiger partial charge in [0, 0.05) is 19.7 Å². The van der Waals surface area contributed by atoms with Gasteiger partial charge in [-0.25, -0.2) is 4.79 Å². The van der Waals surface area contributed by atoms with Gasteiger partial charge in [-0.1, -0.05) is 12.1 Å². The number of benzene rings is 1. The summed E-state index contributed by atoms with van der Waals surface area (Å²) < 4.78 is 10.2. The molecule has 1 heterocycles. The molecule has 122 valence electrons. The van der Waals surface area contributed by atoms with Crippen LogP contribution in [0.25, 0.3) is 0 Å². The summed E-state index contributed by atoms with van der Waals surface area (Å²) in [6, 6.07) is 7.50. The average molecular weight is 307 g/mol. The number of phenols is 1. The van der Waals surface area contributed by atoms with Gasteiger partial charge in [-0.15, -0.1) is 0 Å². The molecular formula is C17H25NO4. The van der Waals surface area contributed by atoms with Gasteiger partial charge in [-0.3, -0.25) is 0 Å². The maximum absolute atomic E-state index is 12.2. The Kier molecular flexibility index (Phi) is 6.52. The number of piperidine rings is 1. The molecular weight excluding hydrogens is 282 g/mol. The van der Waals surface area contributed by atoms with Crippen molar-refractivity contribution in [3.8, 4) is 5.75 Å². The van der Waals surface area contributed by atoms with E-state index in [0.717, 1.165) is 38.6 Å². The lowest BCUT2D eigenvalue weighted by Crippen LogP contribution is -2.44. The molecule has 1 aromatic rings. The molecule has 1 unspecified atom stereocenters. The molecule has 0 saturated carbocycles. The van der Waals surface area contributed by atoms with E-state index in [2.05, 4.69) is 0 Å². The summed E-state index contributed by atoms with van der Waals surface area (Å²) >= 11 is 0. The Hall–Kier alpha value is -1.75. The molecule has 1 amide bonds. The highest BCUT2D eigenvalue weighted by Crippen LogP contribution is 2.22. The van der Waals surface area contributed by atoms with Crippen molar-refractivity contribution in [3.05, 3.63) is 29.8 Å². The zero-order chi connectivity index (χ0) is 15.8. The molecule has 1 atom stereocenters. The molecule has 1 aliphatic rings. The van der Waals surface area contributed by atoms with E-state index in [0.29, 0.717) is 13.2 Å². The molecule has 0 bridgehead atoms. The fourth-order valence-corrected chi connectivity index (χ4v) is 2.83. The molecule has 1 aromatic carbocycles. The first kappa shape index (κ1) is 16.6. The van der Waals surface area contributed by atoms with Gasteiger partial charge in [0.15, 0.2) is 0 Å². The smallest absolute Gasteiger partial charge is 0.410 e. The molecule has 0 aromatic heterocycles. The Labute approximate surface area is 131 Å². The zero-order valence-corrected chi connectivity index (χ0v) is 13.2. The molecule has 5 nitrogen and oxygen atoms in total. The van der Waals surface area contributed by atoms with Crippen molar-refractivity contribution >= 4 is 6.09 Å². The maximum Gasteiger partial charge on any atom is 0.410 e. The fourth-order valence-electron chi connectivity index (χ4n) is 2.83. The fraction of sp³-hybridized carbons (Fsp3) is 0.588. The summed E-state index contributed by atoms with van der Waals surface area (Å²) in [4.78, 5) is 14.0. The van der Waals surface area contributed by atoms with Crippen LogP contribution in [-0.4, -0.2) is 49.0 Å². The topological polar surface area (TPSA) is 59.0 Å². The molecule has 1 saturated heterocycles. The molecule has 1 fully saturated rings. The van der Waals surface area contributed by atoms with Crippen molar-refractivity contribution in [2.75, 3.05) is 26.9 Å². The largest absolute Gasteiger partial charge is 0.508 e. The lowest BCUT2D eigenvalue weighted by Gasteiger charge is -2.35. The highest BCUT2D eigenvalue weighted by Gasteiger charge is 2.27. The molecule has 0 aliphatic carbocycles. The molecule has 0 spiro atoms. The Morgan fingerprint density at radius 1 is 1.27 bits per heavy atom. The van der Waals surface area contributed by atoms with E-state index in [9.17, 15) is 9.90 Å². The van der Waals surface area contributed by atoms with Gasteiger partial charge in [0.25, 0.3) is 0 Å². The van der Waals surface area contributed by atoms with E-state index in [1.54, 1.807) is 19.2 Å². The van der Waals surface area contributed by atoms with Crippen LogP contribution < -0.4 is 0 Å². The minimum atomic E-state index is -0.229. The molecule has 0 radical (unpaired) electrons. The zero-order valence-electron chi connectivity index (χ0n) is 13.2.